The monoisotopic (exact) mass is 252 g/mol. The molecule has 2 unspecified atom stereocenters. The Hall–Kier alpha value is 0.620. The summed E-state index contributed by atoms with van der Waals surface area (Å²) in [4.78, 5) is 0. The summed E-state index contributed by atoms with van der Waals surface area (Å²) in [6.07, 6.45) is 4.47. The third kappa shape index (κ3) is 10.9. The highest BCUT2D eigenvalue weighted by Gasteiger charge is 2.07. The third-order valence-electron chi connectivity index (χ3n) is 1.97. The van der Waals surface area contributed by atoms with Crippen LogP contribution in [0.3, 0.4) is 0 Å². The largest absolute Gasteiger partial charge is 0.368 e. The first kappa shape index (κ1) is 15.6. The van der Waals surface area contributed by atoms with E-state index in [-0.39, 0.29) is 0 Å². The molecule has 1 fully saturated rings. The van der Waals surface area contributed by atoms with Crippen LogP contribution < -0.4 is 0 Å². The van der Waals surface area contributed by atoms with E-state index in [4.69, 9.17) is 9.47 Å². The fraction of sp³-hybridized carbons (Fsp3) is 1.00. The van der Waals surface area contributed by atoms with Crippen LogP contribution in [-0.2, 0) is 9.47 Å². The Kier molecular flexibility index (Phi) is 11.6. The van der Waals surface area contributed by atoms with E-state index in [9.17, 15) is 0 Å². The van der Waals surface area contributed by atoms with Crippen molar-refractivity contribution >= 4 is 23.5 Å². The lowest BCUT2D eigenvalue weighted by atomic mass is 10.4. The Labute approximate surface area is 103 Å². The summed E-state index contributed by atoms with van der Waals surface area (Å²) in [6.45, 7) is 8.20. The number of thioether (sulfide) groups is 2. The third-order valence-corrected chi connectivity index (χ3v) is 3.78. The minimum atomic E-state index is 0.372. The van der Waals surface area contributed by atoms with Gasteiger partial charge in [-0.1, -0.05) is 13.3 Å². The van der Waals surface area contributed by atoms with Crippen LogP contribution >= 0.6 is 23.5 Å². The predicted octanol–water partition coefficient (Wildman–Crippen LogP) is 3.61. The van der Waals surface area contributed by atoms with Crippen molar-refractivity contribution in [1.82, 2.24) is 0 Å². The average Bonchev–Trinajstić information content (AvgIpc) is 2.70. The molecule has 0 bridgehead atoms. The Morgan fingerprint density at radius 1 is 1.60 bits per heavy atom. The van der Waals surface area contributed by atoms with Crippen molar-refractivity contribution in [2.45, 2.75) is 44.5 Å². The van der Waals surface area contributed by atoms with Crippen molar-refractivity contribution in [1.29, 1.82) is 0 Å². The van der Waals surface area contributed by atoms with Crippen molar-refractivity contribution in [2.75, 3.05) is 25.2 Å². The lowest BCUT2D eigenvalue weighted by Crippen LogP contribution is -2.03. The van der Waals surface area contributed by atoms with Crippen LogP contribution in [0.25, 0.3) is 0 Å². The van der Waals surface area contributed by atoms with Crippen molar-refractivity contribution in [3.63, 3.8) is 0 Å². The number of unbranched alkanes of at least 4 members (excludes halogenated alkanes) is 1. The van der Waals surface area contributed by atoms with Crippen LogP contribution in [0.4, 0.5) is 0 Å². The summed E-state index contributed by atoms with van der Waals surface area (Å²) in [5, 5.41) is 0. The second-order valence-corrected chi connectivity index (χ2v) is 5.88. The summed E-state index contributed by atoms with van der Waals surface area (Å²) in [6, 6.07) is 0. The molecule has 92 valence electrons. The van der Waals surface area contributed by atoms with Gasteiger partial charge >= 0.3 is 0 Å². The molecule has 0 aromatic carbocycles. The lowest BCUT2D eigenvalue weighted by molar-refractivity contribution is 0.121. The van der Waals surface area contributed by atoms with Gasteiger partial charge in [0.1, 0.15) is 5.44 Å². The molecule has 1 saturated heterocycles. The number of ether oxygens (including phenoxy) is 2. The van der Waals surface area contributed by atoms with E-state index in [1.54, 1.807) is 11.8 Å². The smallest absolute Gasteiger partial charge is 0.100 e. The minimum absolute atomic E-state index is 0.372. The highest BCUT2D eigenvalue weighted by atomic mass is 32.2. The van der Waals surface area contributed by atoms with Gasteiger partial charge in [-0.05, 0) is 26.5 Å². The standard InChI is InChI=1S/C7H16OS.C4H8OS/c1-4-5-6-8-7(2)9-3;1-4-5-2-3-6-4/h7H,4-6H2,1-3H3;4H,2-3H2,1H3. The molecule has 2 nitrogen and oxygen atoms in total. The van der Waals surface area contributed by atoms with Gasteiger partial charge < -0.3 is 9.47 Å². The lowest BCUT2D eigenvalue weighted by Gasteiger charge is -2.08. The fourth-order valence-electron chi connectivity index (χ4n) is 0.938. The molecule has 0 aliphatic carbocycles. The van der Waals surface area contributed by atoms with Crippen LogP contribution in [-0.4, -0.2) is 36.1 Å². The molecule has 0 saturated carbocycles. The summed E-state index contributed by atoms with van der Waals surface area (Å²) >= 11 is 3.63. The van der Waals surface area contributed by atoms with Crippen molar-refractivity contribution in [3.8, 4) is 0 Å². The Morgan fingerprint density at radius 2 is 2.33 bits per heavy atom. The van der Waals surface area contributed by atoms with Crippen LogP contribution in [0.5, 0.6) is 0 Å². The maximum Gasteiger partial charge on any atom is 0.100 e. The Bertz CT molecular complexity index is 128. The van der Waals surface area contributed by atoms with Crippen molar-refractivity contribution < 1.29 is 9.47 Å². The highest BCUT2D eigenvalue weighted by molar-refractivity contribution is 8.00. The molecule has 0 amide bonds. The molecule has 0 radical (unpaired) electrons. The topological polar surface area (TPSA) is 18.5 Å². The van der Waals surface area contributed by atoms with Gasteiger partial charge in [0.15, 0.2) is 0 Å². The molecule has 0 aromatic rings. The predicted molar refractivity (Wildman–Crippen MR) is 71.7 cm³/mol. The fourth-order valence-corrected chi connectivity index (χ4v) is 1.89. The molecule has 1 aliphatic heterocycles. The average molecular weight is 252 g/mol. The summed E-state index contributed by atoms with van der Waals surface area (Å²) in [5.74, 6) is 1.18. The quantitative estimate of drug-likeness (QED) is 0.549. The molecule has 2 atom stereocenters. The molecule has 0 N–H and O–H groups in total. The van der Waals surface area contributed by atoms with Crippen LogP contribution in [0, 0.1) is 0 Å². The second-order valence-electron chi connectivity index (χ2n) is 3.34. The van der Waals surface area contributed by atoms with Crippen LogP contribution in [0.2, 0.25) is 0 Å². The first-order valence-electron chi connectivity index (χ1n) is 5.58. The molecular formula is C11H24O2S2. The van der Waals surface area contributed by atoms with Crippen molar-refractivity contribution in [2.24, 2.45) is 0 Å². The molecule has 1 rings (SSSR count). The van der Waals surface area contributed by atoms with E-state index in [0.29, 0.717) is 10.9 Å². The maximum absolute atomic E-state index is 5.39. The van der Waals surface area contributed by atoms with Crippen LogP contribution in [0.15, 0.2) is 0 Å². The number of hydrogen-bond acceptors (Lipinski definition) is 4. The SMILES string of the molecule is CC1OCCS1.CCCCOC(C)SC. The van der Waals surface area contributed by atoms with E-state index < -0.39 is 0 Å². The summed E-state index contributed by atoms with van der Waals surface area (Å²) in [7, 11) is 0. The zero-order valence-corrected chi connectivity index (χ0v) is 12.0. The molecule has 1 aliphatic rings. The Balaban J connectivity index is 0.000000280. The molecular weight excluding hydrogens is 228 g/mol. The zero-order chi connectivity index (χ0) is 11.5. The molecule has 1 heterocycles. The molecule has 15 heavy (non-hydrogen) atoms. The Morgan fingerprint density at radius 3 is 2.67 bits per heavy atom. The number of rotatable bonds is 5. The highest BCUT2D eigenvalue weighted by Crippen LogP contribution is 2.17. The van der Waals surface area contributed by atoms with Gasteiger partial charge in [0.25, 0.3) is 0 Å². The maximum atomic E-state index is 5.39. The van der Waals surface area contributed by atoms with Gasteiger partial charge in [-0.2, -0.15) is 0 Å². The normalized spacial score (nSPS) is 22.0. The minimum Gasteiger partial charge on any atom is -0.368 e. The number of hydrogen-bond donors (Lipinski definition) is 0. The molecule has 0 spiro atoms. The van der Waals surface area contributed by atoms with E-state index >= 15 is 0 Å². The van der Waals surface area contributed by atoms with Gasteiger partial charge in [-0.25, -0.2) is 0 Å². The second kappa shape index (κ2) is 11.1. The van der Waals surface area contributed by atoms with Gasteiger partial charge in [0.05, 0.1) is 12.0 Å². The zero-order valence-electron chi connectivity index (χ0n) is 10.3. The van der Waals surface area contributed by atoms with E-state index in [1.807, 2.05) is 11.8 Å². The summed E-state index contributed by atoms with van der Waals surface area (Å²) in [5.41, 5.74) is 0.835. The van der Waals surface area contributed by atoms with Gasteiger partial charge in [-0.3, -0.25) is 0 Å². The van der Waals surface area contributed by atoms with Crippen molar-refractivity contribution in [3.05, 3.63) is 0 Å². The van der Waals surface area contributed by atoms with E-state index in [2.05, 4.69) is 27.0 Å². The van der Waals surface area contributed by atoms with E-state index in [1.165, 1.54) is 18.6 Å². The van der Waals surface area contributed by atoms with Crippen LogP contribution in [0.1, 0.15) is 33.6 Å². The van der Waals surface area contributed by atoms with E-state index in [0.717, 1.165) is 13.2 Å². The molecule has 4 heteroatoms. The molecule has 0 aromatic heterocycles. The first-order valence-corrected chi connectivity index (χ1v) is 7.92. The van der Waals surface area contributed by atoms with Gasteiger partial charge in [-0.15, -0.1) is 23.5 Å². The van der Waals surface area contributed by atoms with Gasteiger partial charge in [0.2, 0.25) is 0 Å². The van der Waals surface area contributed by atoms with Gasteiger partial charge in [0, 0.05) is 12.4 Å². The first-order chi connectivity index (χ1) is 7.20. The summed E-state index contributed by atoms with van der Waals surface area (Å²) < 4.78 is 10.5.